The van der Waals surface area contributed by atoms with E-state index < -0.39 is 0 Å². The Kier molecular flexibility index (Phi) is 8.01. The van der Waals surface area contributed by atoms with Crippen molar-refractivity contribution >= 4 is 46.1 Å². The molecule has 2 atom stereocenters. The van der Waals surface area contributed by atoms with Crippen LogP contribution in [0, 0.1) is 30.1 Å². The van der Waals surface area contributed by atoms with E-state index in [4.69, 9.17) is 12.2 Å². The molecule has 2 aliphatic heterocycles. The molecule has 0 aliphatic carbocycles. The smallest absolute Gasteiger partial charge is 0.270 e. The zero-order chi connectivity index (χ0) is 26.0. The fourth-order valence-corrected chi connectivity index (χ4v) is 6.61. The highest BCUT2D eigenvalue weighted by Crippen LogP contribution is 2.37. The largest absolute Gasteiger partial charge is 0.357 e. The monoisotopic (exact) mass is 520 g/mol. The molecule has 0 saturated carbocycles. The van der Waals surface area contributed by atoms with Crippen LogP contribution in [-0.4, -0.2) is 39.3 Å². The number of piperidine rings is 1. The van der Waals surface area contributed by atoms with Gasteiger partial charge in [0.2, 0.25) is 0 Å². The van der Waals surface area contributed by atoms with Crippen molar-refractivity contribution < 1.29 is 4.79 Å². The van der Waals surface area contributed by atoms with Crippen molar-refractivity contribution in [2.75, 3.05) is 24.5 Å². The predicted octanol–water partition coefficient (Wildman–Crippen LogP) is 4.97. The molecule has 2 aromatic rings. The molecule has 2 fully saturated rings. The number of hydrogen-bond acceptors (Lipinski definition) is 6. The van der Waals surface area contributed by atoms with E-state index in [1.807, 2.05) is 50.3 Å². The second-order valence-electron chi connectivity index (χ2n) is 9.82. The van der Waals surface area contributed by atoms with Gasteiger partial charge in [-0.25, -0.2) is 0 Å². The van der Waals surface area contributed by atoms with Crippen molar-refractivity contribution in [1.82, 2.24) is 9.47 Å². The molecule has 8 heteroatoms. The summed E-state index contributed by atoms with van der Waals surface area (Å²) in [5.41, 5.74) is 2.38. The van der Waals surface area contributed by atoms with Gasteiger partial charge in [0.05, 0.1) is 4.91 Å². The van der Waals surface area contributed by atoms with Crippen LogP contribution in [0.1, 0.15) is 49.4 Å². The number of thioether (sulfide) groups is 1. The van der Waals surface area contributed by atoms with Gasteiger partial charge in [0.1, 0.15) is 21.8 Å². The lowest BCUT2D eigenvalue weighted by atomic mass is 9.91. The molecule has 188 valence electrons. The molecule has 2 saturated heterocycles. The Balaban J connectivity index is 1.76. The number of nitrogens with zero attached hydrogens (tertiary/aromatic N) is 4. The molecule has 4 rings (SSSR count). The lowest BCUT2D eigenvalue weighted by Crippen LogP contribution is -2.42. The lowest BCUT2D eigenvalue weighted by molar-refractivity contribution is -0.122. The first-order chi connectivity index (χ1) is 17.2. The molecule has 0 bridgehead atoms. The summed E-state index contributed by atoms with van der Waals surface area (Å²) in [5.74, 6) is 1.63. The SMILES string of the molecule is CCn1c(N2CC(C)CC(C)C2)c(/C=C2\SC(=S)N(CCc3ccccc3)C2=O)c(C)c(C#N)c1=O. The molecule has 0 spiro atoms. The number of aromatic nitrogens is 1. The molecule has 2 unspecified atom stereocenters. The van der Waals surface area contributed by atoms with Crippen molar-refractivity contribution in [3.63, 3.8) is 0 Å². The first-order valence-electron chi connectivity index (χ1n) is 12.5. The maximum Gasteiger partial charge on any atom is 0.270 e. The summed E-state index contributed by atoms with van der Waals surface area (Å²) >= 11 is 6.86. The molecule has 1 aromatic heterocycles. The van der Waals surface area contributed by atoms with Crippen molar-refractivity contribution in [1.29, 1.82) is 5.26 Å². The Bertz CT molecular complexity index is 1300. The van der Waals surface area contributed by atoms with Gasteiger partial charge in [0, 0.05) is 31.7 Å². The summed E-state index contributed by atoms with van der Waals surface area (Å²) in [7, 11) is 0. The normalized spacial score (nSPS) is 21.4. The number of nitriles is 1. The number of thiocarbonyl (C=S) groups is 1. The zero-order valence-electron chi connectivity index (χ0n) is 21.3. The third kappa shape index (κ3) is 5.14. The standard InChI is InChI=1S/C28H32N4O2S2/c1-5-31-25(30-16-18(2)13-19(3)17-30)22(20(4)23(15-29)26(31)33)14-24-27(34)32(28(35)36-24)12-11-21-9-7-6-8-10-21/h6-10,14,18-19H,5,11-13,16-17H2,1-4H3/b24-14-. The maximum atomic E-state index is 13.4. The average Bonchev–Trinajstić information content (AvgIpc) is 3.11. The van der Waals surface area contributed by atoms with E-state index in [1.165, 1.54) is 11.8 Å². The van der Waals surface area contributed by atoms with Crippen LogP contribution in [0.25, 0.3) is 6.08 Å². The minimum Gasteiger partial charge on any atom is -0.357 e. The quantitative estimate of drug-likeness (QED) is 0.396. The van der Waals surface area contributed by atoms with E-state index in [1.54, 1.807) is 9.47 Å². The number of amides is 1. The topological polar surface area (TPSA) is 69.3 Å². The Morgan fingerprint density at radius 1 is 1.17 bits per heavy atom. The second-order valence-corrected chi connectivity index (χ2v) is 11.5. The van der Waals surface area contributed by atoms with Crippen LogP contribution in [0.2, 0.25) is 0 Å². The molecular formula is C28H32N4O2S2. The van der Waals surface area contributed by atoms with Crippen LogP contribution in [0.4, 0.5) is 5.82 Å². The molecule has 3 heterocycles. The van der Waals surface area contributed by atoms with E-state index in [-0.39, 0.29) is 17.0 Å². The van der Waals surface area contributed by atoms with E-state index in [9.17, 15) is 14.9 Å². The van der Waals surface area contributed by atoms with Crippen LogP contribution in [-0.2, 0) is 17.8 Å². The average molecular weight is 521 g/mol. The van der Waals surface area contributed by atoms with E-state index in [0.29, 0.717) is 46.1 Å². The summed E-state index contributed by atoms with van der Waals surface area (Å²) in [6, 6.07) is 12.1. The van der Waals surface area contributed by atoms with Crippen LogP contribution in [0.3, 0.4) is 0 Å². The highest BCUT2D eigenvalue weighted by molar-refractivity contribution is 8.26. The highest BCUT2D eigenvalue weighted by Gasteiger charge is 2.34. The minimum atomic E-state index is -0.272. The van der Waals surface area contributed by atoms with E-state index in [2.05, 4.69) is 24.8 Å². The molecular weight excluding hydrogens is 488 g/mol. The Labute approximate surface area is 222 Å². The van der Waals surface area contributed by atoms with Gasteiger partial charge in [-0.1, -0.05) is 68.2 Å². The summed E-state index contributed by atoms with van der Waals surface area (Å²) < 4.78 is 2.23. The second kappa shape index (κ2) is 11.0. The van der Waals surface area contributed by atoms with Crippen molar-refractivity contribution in [2.45, 2.75) is 47.1 Å². The van der Waals surface area contributed by atoms with Gasteiger partial charge < -0.3 is 4.90 Å². The van der Waals surface area contributed by atoms with E-state index in [0.717, 1.165) is 36.5 Å². The van der Waals surface area contributed by atoms with Crippen LogP contribution >= 0.6 is 24.0 Å². The van der Waals surface area contributed by atoms with Crippen molar-refractivity contribution in [3.05, 3.63) is 67.8 Å². The number of hydrogen-bond donors (Lipinski definition) is 0. The highest BCUT2D eigenvalue weighted by atomic mass is 32.2. The van der Waals surface area contributed by atoms with Gasteiger partial charge in [-0.05, 0) is 55.7 Å². The van der Waals surface area contributed by atoms with Gasteiger partial charge in [0.15, 0.2) is 0 Å². The third-order valence-electron chi connectivity index (χ3n) is 6.95. The van der Waals surface area contributed by atoms with Crippen LogP contribution in [0.5, 0.6) is 0 Å². The third-order valence-corrected chi connectivity index (χ3v) is 8.32. The molecule has 36 heavy (non-hydrogen) atoms. The Morgan fingerprint density at radius 3 is 2.44 bits per heavy atom. The van der Waals surface area contributed by atoms with Gasteiger partial charge in [-0.3, -0.25) is 19.1 Å². The maximum absolute atomic E-state index is 13.4. The molecule has 2 aliphatic rings. The van der Waals surface area contributed by atoms with Gasteiger partial charge >= 0.3 is 0 Å². The summed E-state index contributed by atoms with van der Waals surface area (Å²) in [6.45, 7) is 10.8. The number of benzene rings is 1. The zero-order valence-corrected chi connectivity index (χ0v) is 22.9. The van der Waals surface area contributed by atoms with Crippen molar-refractivity contribution in [2.24, 2.45) is 11.8 Å². The molecule has 6 nitrogen and oxygen atoms in total. The van der Waals surface area contributed by atoms with Gasteiger partial charge in [-0.2, -0.15) is 5.26 Å². The van der Waals surface area contributed by atoms with Crippen LogP contribution < -0.4 is 10.5 Å². The number of rotatable bonds is 6. The summed E-state index contributed by atoms with van der Waals surface area (Å²) in [4.78, 5) is 31.1. The summed E-state index contributed by atoms with van der Waals surface area (Å²) in [5, 5.41) is 9.81. The lowest BCUT2D eigenvalue weighted by Gasteiger charge is -2.38. The van der Waals surface area contributed by atoms with Crippen LogP contribution in [0.15, 0.2) is 40.0 Å². The fourth-order valence-electron chi connectivity index (χ4n) is 5.32. The summed E-state index contributed by atoms with van der Waals surface area (Å²) in [6.07, 6.45) is 3.70. The molecule has 1 amide bonds. The van der Waals surface area contributed by atoms with E-state index >= 15 is 0 Å². The number of carbonyl (C=O) groups is 1. The Morgan fingerprint density at radius 2 is 1.83 bits per heavy atom. The predicted molar refractivity (Wildman–Crippen MR) is 151 cm³/mol. The van der Waals surface area contributed by atoms with Gasteiger partial charge in [-0.15, -0.1) is 0 Å². The van der Waals surface area contributed by atoms with Crippen molar-refractivity contribution in [3.8, 4) is 6.07 Å². The number of pyridine rings is 1. The minimum absolute atomic E-state index is 0.126. The number of carbonyl (C=O) groups excluding carboxylic acids is 1. The van der Waals surface area contributed by atoms with Gasteiger partial charge in [0.25, 0.3) is 11.5 Å². The number of anilines is 1. The Hall–Kier alpha value is -2.89. The fraction of sp³-hybridized carbons (Fsp3) is 0.429. The molecule has 0 radical (unpaired) electrons. The molecule has 1 aromatic carbocycles. The molecule has 0 N–H and O–H groups in total. The first-order valence-corrected chi connectivity index (χ1v) is 13.7. The first kappa shape index (κ1) is 26.2.